The fourth-order valence-corrected chi connectivity index (χ4v) is 4.19. The minimum Gasteiger partial charge on any atom is -0.497 e. The van der Waals surface area contributed by atoms with Gasteiger partial charge < -0.3 is 24.7 Å². The molecule has 0 aliphatic heterocycles. The maximum absolute atomic E-state index is 9.35. The summed E-state index contributed by atoms with van der Waals surface area (Å²) in [5.74, 6) is 1.58. The number of aromatic amines is 2. The predicted molar refractivity (Wildman–Crippen MR) is 131 cm³/mol. The Morgan fingerprint density at radius 2 is 1.94 bits per heavy atom. The first-order chi connectivity index (χ1) is 16.1. The number of hydrogen-bond donors (Lipinski definition) is 3. The summed E-state index contributed by atoms with van der Waals surface area (Å²) in [4.78, 5) is 17.9. The summed E-state index contributed by atoms with van der Waals surface area (Å²) >= 11 is 0. The van der Waals surface area contributed by atoms with Crippen LogP contribution in [0.2, 0.25) is 0 Å². The molecule has 0 radical (unpaired) electrons. The molecule has 0 aliphatic carbocycles. The van der Waals surface area contributed by atoms with Crippen LogP contribution in [0.3, 0.4) is 0 Å². The van der Waals surface area contributed by atoms with E-state index in [1.54, 1.807) is 7.11 Å². The van der Waals surface area contributed by atoms with E-state index in [1.165, 1.54) is 16.5 Å². The summed E-state index contributed by atoms with van der Waals surface area (Å²) < 4.78 is 5.38. The zero-order chi connectivity index (χ0) is 22.8. The number of anilines is 1. The van der Waals surface area contributed by atoms with E-state index in [1.807, 2.05) is 43.6 Å². The molecular weight excluding hydrogens is 414 g/mol. The van der Waals surface area contributed by atoms with E-state index in [2.05, 4.69) is 44.2 Å². The molecule has 0 saturated heterocycles. The molecule has 5 aromatic rings. The van der Waals surface area contributed by atoms with E-state index in [9.17, 15) is 5.11 Å². The standard InChI is InChI=1S/C26H27N5O2/c1-31(10-8-18-15-28-25-6-4-22(33-2)14-23(18)25)26-27-9-7-20(30-26)12-17-3-5-24-19(11-17)13-21(16-32)29-24/h3-7,9,11,13-15,28-29,32H,8,10,12,16H2,1-2H3. The highest BCUT2D eigenvalue weighted by Gasteiger charge is 2.10. The van der Waals surface area contributed by atoms with Crippen molar-refractivity contribution in [1.82, 2.24) is 19.9 Å². The Morgan fingerprint density at radius 3 is 2.79 bits per heavy atom. The van der Waals surface area contributed by atoms with Crippen LogP contribution in [0.1, 0.15) is 22.5 Å². The summed E-state index contributed by atoms with van der Waals surface area (Å²) in [5, 5.41) is 11.6. The number of rotatable bonds is 8. The van der Waals surface area contributed by atoms with Crippen molar-refractivity contribution < 1.29 is 9.84 Å². The third-order valence-electron chi connectivity index (χ3n) is 6.03. The van der Waals surface area contributed by atoms with Gasteiger partial charge in [-0.25, -0.2) is 9.97 Å². The lowest BCUT2D eigenvalue weighted by Gasteiger charge is -2.17. The van der Waals surface area contributed by atoms with Crippen LogP contribution < -0.4 is 9.64 Å². The van der Waals surface area contributed by atoms with Crippen molar-refractivity contribution >= 4 is 27.8 Å². The SMILES string of the molecule is COc1ccc2[nH]cc(CCN(C)c3nccc(Cc4ccc5[nH]c(CO)cc5c4)n3)c2c1. The quantitative estimate of drug-likeness (QED) is 0.336. The smallest absolute Gasteiger partial charge is 0.225 e. The monoisotopic (exact) mass is 441 g/mol. The molecule has 3 aromatic heterocycles. The number of H-pyrrole nitrogens is 2. The minimum absolute atomic E-state index is 0.0116. The summed E-state index contributed by atoms with van der Waals surface area (Å²) in [7, 11) is 3.71. The normalized spacial score (nSPS) is 11.4. The number of hydrogen-bond acceptors (Lipinski definition) is 5. The van der Waals surface area contributed by atoms with Gasteiger partial charge in [-0.05, 0) is 60.0 Å². The van der Waals surface area contributed by atoms with Gasteiger partial charge in [0.15, 0.2) is 0 Å². The fourth-order valence-electron chi connectivity index (χ4n) is 4.19. The lowest BCUT2D eigenvalue weighted by atomic mass is 10.1. The van der Waals surface area contributed by atoms with Crippen LogP contribution in [0.15, 0.2) is 60.9 Å². The molecule has 0 saturated carbocycles. The van der Waals surface area contributed by atoms with Gasteiger partial charge in [0.25, 0.3) is 0 Å². The number of likely N-dealkylation sites (N-methyl/N-ethyl adjacent to an activating group) is 1. The van der Waals surface area contributed by atoms with Crippen molar-refractivity contribution in [3.05, 3.63) is 83.4 Å². The Bertz CT molecular complexity index is 1400. The molecule has 2 aromatic carbocycles. The molecule has 0 aliphatic rings. The highest BCUT2D eigenvalue weighted by Crippen LogP contribution is 2.24. The molecule has 5 rings (SSSR count). The van der Waals surface area contributed by atoms with Gasteiger partial charge in [0.2, 0.25) is 5.95 Å². The average Bonchev–Trinajstić information content (AvgIpc) is 3.45. The number of methoxy groups -OCH3 is 1. The van der Waals surface area contributed by atoms with Crippen LogP contribution in [0.25, 0.3) is 21.8 Å². The molecule has 0 bridgehead atoms. The molecule has 0 spiro atoms. The topological polar surface area (TPSA) is 90.1 Å². The highest BCUT2D eigenvalue weighted by molar-refractivity contribution is 5.84. The van der Waals surface area contributed by atoms with Crippen LogP contribution >= 0.6 is 0 Å². The molecule has 0 amide bonds. The molecule has 0 fully saturated rings. The summed E-state index contributed by atoms with van der Waals surface area (Å²) in [5.41, 5.74) is 6.35. The highest BCUT2D eigenvalue weighted by atomic mass is 16.5. The lowest BCUT2D eigenvalue weighted by Crippen LogP contribution is -2.22. The Kier molecular flexibility index (Phi) is 5.71. The molecule has 3 N–H and O–H groups in total. The van der Waals surface area contributed by atoms with Crippen LogP contribution in [0.4, 0.5) is 5.95 Å². The Hall–Kier alpha value is -3.84. The minimum atomic E-state index is 0.0116. The number of aliphatic hydroxyl groups excluding tert-OH is 1. The maximum Gasteiger partial charge on any atom is 0.225 e. The molecule has 33 heavy (non-hydrogen) atoms. The Morgan fingerprint density at radius 1 is 1.06 bits per heavy atom. The molecule has 0 unspecified atom stereocenters. The van der Waals surface area contributed by atoms with Gasteiger partial charge >= 0.3 is 0 Å². The maximum atomic E-state index is 9.35. The van der Waals surface area contributed by atoms with Crippen LogP contribution in [-0.4, -0.2) is 45.7 Å². The number of fused-ring (bicyclic) bond motifs is 2. The Balaban J connectivity index is 1.28. The van der Waals surface area contributed by atoms with E-state index in [0.29, 0.717) is 0 Å². The van der Waals surface area contributed by atoms with Gasteiger partial charge in [-0.3, -0.25) is 0 Å². The first-order valence-electron chi connectivity index (χ1n) is 11.0. The van der Waals surface area contributed by atoms with E-state index in [-0.39, 0.29) is 6.61 Å². The van der Waals surface area contributed by atoms with Crippen molar-refractivity contribution in [2.45, 2.75) is 19.4 Å². The third-order valence-corrected chi connectivity index (χ3v) is 6.03. The largest absolute Gasteiger partial charge is 0.497 e. The Labute approximate surface area is 192 Å². The van der Waals surface area contributed by atoms with Gasteiger partial charge in [0.05, 0.1) is 19.4 Å². The van der Waals surface area contributed by atoms with Crippen LogP contribution in [0.5, 0.6) is 5.75 Å². The van der Waals surface area contributed by atoms with Gasteiger partial charge in [-0.15, -0.1) is 0 Å². The number of nitrogens with zero attached hydrogens (tertiary/aromatic N) is 3. The predicted octanol–water partition coefficient (Wildman–Crippen LogP) is 4.21. The van der Waals surface area contributed by atoms with Crippen molar-refractivity contribution in [3.63, 3.8) is 0 Å². The second-order valence-corrected chi connectivity index (χ2v) is 8.30. The molecule has 7 heteroatoms. The second-order valence-electron chi connectivity index (χ2n) is 8.30. The van der Waals surface area contributed by atoms with Crippen molar-refractivity contribution in [1.29, 1.82) is 0 Å². The number of aromatic nitrogens is 4. The van der Waals surface area contributed by atoms with Crippen molar-refractivity contribution in [2.75, 3.05) is 25.6 Å². The van der Waals surface area contributed by atoms with Gasteiger partial charge in [0, 0.05) is 59.9 Å². The van der Waals surface area contributed by atoms with Crippen molar-refractivity contribution in [3.8, 4) is 5.75 Å². The third kappa shape index (κ3) is 4.40. The van der Waals surface area contributed by atoms with Gasteiger partial charge in [0.1, 0.15) is 5.75 Å². The molecule has 3 heterocycles. The number of nitrogens with one attached hydrogen (secondary N) is 2. The molecular formula is C26H27N5O2. The molecule has 0 atom stereocenters. The van der Waals surface area contributed by atoms with Gasteiger partial charge in [-0.2, -0.15) is 0 Å². The first kappa shape index (κ1) is 21.0. The zero-order valence-electron chi connectivity index (χ0n) is 18.8. The fraction of sp³-hybridized carbons (Fsp3) is 0.231. The molecule has 7 nitrogen and oxygen atoms in total. The van der Waals surface area contributed by atoms with E-state index >= 15 is 0 Å². The lowest BCUT2D eigenvalue weighted by molar-refractivity contribution is 0.278. The van der Waals surface area contributed by atoms with Crippen LogP contribution in [-0.2, 0) is 19.4 Å². The number of ether oxygens (including phenoxy) is 1. The summed E-state index contributed by atoms with van der Waals surface area (Å²) in [6, 6.07) is 16.3. The molecule has 168 valence electrons. The van der Waals surface area contributed by atoms with E-state index in [0.717, 1.165) is 58.9 Å². The number of benzene rings is 2. The zero-order valence-corrected chi connectivity index (χ0v) is 18.8. The van der Waals surface area contributed by atoms with E-state index < -0.39 is 0 Å². The number of aliphatic hydroxyl groups is 1. The summed E-state index contributed by atoms with van der Waals surface area (Å²) in [6.07, 6.45) is 5.48. The van der Waals surface area contributed by atoms with Gasteiger partial charge in [-0.1, -0.05) is 6.07 Å². The second kappa shape index (κ2) is 8.96. The first-order valence-corrected chi connectivity index (χ1v) is 11.0. The summed E-state index contributed by atoms with van der Waals surface area (Å²) in [6.45, 7) is 0.810. The van der Waals surface area contributed by atoms with E-state index in [4.69, 9.17) is 9.72 Å². The average molecular weight is 442 g/mol. The van der Waals surface area contributed by atoms with Crippen LogP contribution in [0, 0.1) is 0 Å². The van der Waals surface area contributed by atoms with Crippen molar-refractivity contribution in [2.24, 2.45) is 0 Å².